The molecule has 1 heterocycles. The molecule has 1 N–H and O–H groups in total. The van der Waals surface area contributed by atoms with Crippen molar-refractivity contribution in [2.45, 2.75) is 32.6 Å². The highest BCUT2D eigenvalue weighted by atomic mass is 32.1. The fourth-order valence-corrected chi connectivity index (χ4v) is 2.78. The summed E-state index contributed by atoms with van der Waals surface area (Å²) in [4.78, 5) is 13.0. The average Bonchev–Trinajstić information content (AvgIpc) is 2.97. The molecule has 2 rings (SSSR count). The highest BCUT2D eigenvalue weighted by Crippen LogP contribution is 2.12. The predicted octanol–water partition coefficient (Wildman–Crippen LogP) is 3.92. The van der Waals surface area contributed by atoms with Crippen LogP contribution in [0, 0.1) is 6.92 Å². The maximum atomic E-state index is 11.6. The normalized spacial score (nSPS) is 10.9. The van der Waals surface area contributed by atoms with Crippen molar-refractivity contribution in [1.29, 1.82) is 0 Å². The molecule has 21 heavy (non-hydrogen) atoms. The lowest BCUT2D eigenvalue weighted by Crippen LogP contribution is -2.16. The van der Waals surface area contributed by atoms with E-state index < -0.39 is 0 Å². The topological polar surface area (TPSA) is 41.5 Å². The molecule has 0 aliphatic heterocycles. The van der Waals surface area contributed by atoms with Gasteiger partial charge < -0.3 is 0 Å². The van der Waals surface area contributed by atoms with E-state index in [0.717, 1.165) is 24.8 Å². The molecule has 1 aromatic carbocycles. The summed E-state index contributed by atoms with van der Waals surface area (Å²) in [5.74, 6) is -0.0231. The summed E-state index contributed by atoms with van der Waals surface area (Å²) < 4.78 is 0. The molecule has 0 spiro atoms. The lowest BCUT2D eigenvalue weighted by molar-refractivity contribution is -0.121. The zero-order chi connectivity index (χ0) is 14.9. The van der Waals surface area contributed by atoms with E-state index in [0.29, 0.717) is 6.42 Å². The number of unbranched alkanes of at least 4 members (excludes halogenated alkanes) is 1. The molecule has 4 heteroatoms. The number of benzene rings is 1. The minimum Gasteiger partial charge on any atom is -0.273 e. The van der Waals surface area contributed by atoms with Crippen LogP contribution < -0.4 is 5.43 Å². The molecule has 0 bridgehead atoms. The smallest absolute Gasteiger partial charge is 0.240 e. The number of hydrogen-bond acceptors (Lipinski definition) is 3. The van der Waals surface area contributed by atoms with Gasteiger partial charge in [-0.3, -0.25) is 4.79 Å². The molecule has 1 aromatic heterocycles. The summed E-state index contributed by atoms with van der Waals surface area (Å²) in [5, 5.41) is 6.07. The monoisotopic (exact) mass is 300 g/mol. The van der Waals surface area contributed by atoms with Crippen molar-refractivity contribution in [3.05, 3.63) is 57.8 Å². The average molecular weight is 300 g/mol. The van der Waals surface area contributed by atoms with Crippen LogP contribution in [0.25, 0.3) is 0 Å². The molecule has 0 unspecified atom stereocenters. The Kier molecular flexibility index (Phi) is 6.16. The van der Waals surface area contributed by atoms with Crippen LogP contribution in [0.2, 0.25) is 0 Å². The Hall–Kier alpha value is -1.94. The summed E-state index contributed by atoms with van der Waals surface area (Å²) in [6.07, 6.45) is 5.18. The van der Waals surface area contributed by atoms with Crippen molar-refractivity contribution in [1.82, 2.24) is 5.43 Å². The van der Waals surface area contributed by atoms with E-state index in [1.807, 2.05) is 31.2 Å². The largest absolute Gasteiger partial charge is 0.273 e. The van der Waals surface area contributed by atoms with Crippen LogP contribution >= 0.6 is 11.3 Å². The van der Waals surface area contributed by atoms with Gasteiger partial charge in [-0.1, -0.05) is 35.9 Å². The molecule has 110 valence electrons. The van der Waals surface area contributed by atoms with E-state index in [9.17, 15) is 4.79 Å². The Bertz CT molecular complexity index is 591. The van der Waals surface area contributed by atoms with Gasteiger partial charge in [0, 0.05) is 11.3 Å². The van der Waals surface area contributed by atoms with E-state index >= 15 is 0 Å². The Balaban J connectivity index is 1.63. The Morgan fingerprint density at radius 2 is 2.19 bits per heavy atom. The number of hydrazone groups is 1. The van der Waals surface area contributed by atoms with E-state index in [1.165, 1.54) is 10.4 Å². The van der Waals surface area contributed by atoms with Gasteiger partial charge in [0.1, 0.15) is 0 Å². The zero-order valence-corrected chi connectivity index (χ0v) is 13.0. The van der Waals surface area contributed by atoms with Gasteiger partial charge in [-0.15, -0.1) is 11.3 Å². The van der Waals surface area contributed by atoms with Crippen molar-refractivity contribution >= 4 is 23.5 Å². The molecule has 0 saturated heterocycles. The summed E-state index contributed by atoms with van der Waals surface area (Å²) in [6.45, 7) is 2.03. The van der Waals surface area contributed by atoms with Gasteiger partial charge in [0.05, 0.1) is 6.21 Å². The van der Waals surface area contributed by atoms with Crippen molar-refractivity contribution in [3.8, 4) is 0 Å². The zero-order valence-electron chi connectivity index (χ0n) is 12.2. The van der Waals surface area contributed by atoms with Gasteiger partial charge >= 0.3 is 0 Å². The number of rotatable bonds is 7. The second kappa shape index (κ2) is 8.37. The van der Waals surface area contributed by atoms with E-state index in [-0.39, 0.29) is 5.91 Å². The minimum atomic E-state index is -0.0231. The Morgan fingerprint density at radius 1 is 1.29 bits per heavy atom. The van der Waals surface area contributed by atoms with Crippen LogP contribution in [0.1, 0.15) is 35.3 Å². The van der Waals surface area contributed by atoms with Crippen molar-refractivity contribution in [2.75, 3.05) is 0 Å². The third-order valence-electron chi connectivity index (χ3n) is 3.10. The fraction of sp³-hybridized carbons (Fsp3) is 0.294. The number of carbonyl (C=O) groups is 1. The first-order valence-corrected chi connectivity index (χ1v) is 8.03. The molecule has 0 aliphatic carbocycles. The molecule has 3 nitrogen and oxygen atoms in total. The first-order chi connectivity index (χ1) is 10.2. The number of thiophene rings is 1. The lowest BCUT2D eigenvalue weighted by Gasteiger charge is -2.00. The van der Waals surface area contributed by atoms with Crippen LogP contribution in [0.4, 0.5) is 0 Å². The molecular formula is C17H20N2OS. The molecule has 2 aromatic rings. The Labute approximate surface area is 129 Å². The summed E-state index contributed by atoms with van der Waals surface area (Å²) in [7, 11) is 0. The highest BCUT2D eigenvalue weighted by molar-refractivity contribution is 7.09. The number of aryl methyl sites for hydroxylation is 2. The molecule has 0 radical (unpaired) electrons. The number of carbonyl (C=O) groups excluding carboxylic acids is 1. The van der Waals surface area contributed by atoms with Gasteiger partial charge in [-0.2, -0.15) is 5.10 Å². The Morgan fingerprint density at radius 3 is 2.95 bits per heavy atom. The van der Waals surface area contributed by atoms with Gasteiger partial charge in [0.25, 0.3) is 0 Å². The second-order valence-electron chi connectivity index (χ2n) is 4.99. The third-order valence-corrected chi connectivity index (χ3v) is 4.04. The van der Waals surface area contributed by atoms with Crippen molar-refractivity contribution < 1.29 is 4.79 Å². The molecule has 1 amide bonds. The second-order valence-corrected chi connectivity index (χ2v) is 6.03. The molecule has 0 fully saturated rings. The summed E-state index contributed by atoms with van der Waals surface area (Å²) >= 11 is 1.77. The standard InChI is InChI=1S/C17H20N2OS/c1-14-6-4-7-15(12-14)13-18-19-17(20)10-3-2-8-16-9-5-11-21-16/h4-7,9,11-13H,2-3,8,10H2,1H3,(H,19,20)/b18-13+. The highest BCUT2D eigenvalue weighted by Gasteiger charge is 2.00. The summed E-state index contributed by atoms with van der Waals surface area (Å²) in [6, 6.07) is 12.2. The minimum absolute atomic E-state index is 0.0231. The van der Waals surface area contributed by atoms with Crippen LogP contribution in [0.15, 0.2) is 46.9 Å². The maximum Gasteiger partial charge on any atom is 0.240 e. The van der Waals surface area contributed by atoms with Gasteiger partial charge in [0.15, 0.2) is 0 Å². The number of amides is 1. The number of nitrogens with zero attached hydrogens (tertiary/aromatic N) is 1. The van der Waals surface area contributed by atoms with Gasteiger partial charge in [0.2, 0.25) is 5.91 Å². The van der Waals surface area contributed by atoms with Crippen LogP contribution in [-0.4, -0.2) is 12.1 Å². The quantitative estimate of drug-likeness (QED) is 0.470. The van der Waals surface area contributed by atoms with Crippen molar-refractivity contribution in [3.63, 3.8) is 0 Å². The van der Waals surface area contributed by atoms with E-state index in [2.05, 4.69) is 28.0 Å². The van der Waals surface area contributed by atoms with E-state index in [4.69, 9.17) is 0 Å². The lowest BCUT2D eigenvalue weighted by atomic mass is 10.1. The first kappa shape index (κ1) is 15.4. The van der Waals surface area contributed by atoms with E-state index in [1.54, 1.807) is 17.6 Å². The number of nitrogens with one attached hydrogen (secondary N) is 1. The SMILES string of the molecule is Cc1cccc(/C=N/NC(=O)CCCCc2cccs2)c1. The predicted molar refractivity (Wildman–Crippen MR) is 88.8 cm³/mol. The fourth-order valence-electron chi connectivity index (χ4n) is 2.02. The molecular weight excluding hydrogens is 280 g/mol. The molecule has 0 saturated carbocycles. The molecule has 0 aliphatic rings. The van der Waals surface area contributed by atoms with Crippen molar-refractivity contribution in [2.24, 2.45) is 5.10 Å². The molecule has 0 atom stereocenters. The third kappa shape index (κ3) is 5.92. The van der Waals surface area contributed by atoms with Gasteiger partial charge in [-0.05, 0) is 43.2 Å². The van der Waals surface area contributed by atoms with Gasteiger partial charge in [-0.25, -0.2) is 5.43 Å². The van der Waals surface area contributed by atoms with Crippen LogP contribution in [-0.2, 0) is 11.2 Å². The maximum absolute atomic E-state index is 11.6. The number of hydrogen-bond donors (Lipinski definition) is 1. The van der Waals surface area contributed by atoms with Crippen LogP contribution in [0.3, 0.4) is 0 Å². The summed E-state index contributed by atoms with van der Waals surface area (Å²) in [5.41, 5.74) is 4.75. The van der Waals surface area contributed by atoms with Crippen LogP contribution in [0.5, 0.6) is 0 Å². The first-order valence-electron chi connectivity index (χ1n) is 7.15.